The Kier molecular flexibility index (Phi) is 8.94. The van der Waals surface area contributed by atoms with Gasteiger partial charge in [0, 0.05) is 10.8 Å². The van der Waals surface area contributed by atoms with E-state index in [-0.39, 0.29) is 22.4 Å². The first kappa shape index (κ1) is 33.7. The third kappa shape index (κ3) is 6.60. The maximum atomic E-state index is 12.7. The molecule has 2 aromatic carbocycles. The Balaban J connectivity index is 0.000000236. The van der Waals surface area contributed by atoms with E-state index in [1.165, 1.54) is 22.3 Å². The normalized spacial score (nSPS) is 18.8. The molecule has 226 valence electrons. The zero-order valence-corrected chi connectivity index (χ0v) is 28.5. The fraction of sp³-hybridized carbons (Fsp3) is 0.487. The maximum Gasteiger partial charge on any atom is 0.178 e. The van der Waals surface area contributed by atoms with Crippen molar-refractivity contribution in [2.24, 2.45) is 10.8 Å². The molecule has 0 saturated heterocycles. The van der Waals surface area contributed by atoms with E-state index in [0.29, 0.717) is 11.1 Å². The average molecular weight is 577 g/mol. The number of carbonyl (C=O) groups is 2. The Morgan fingerprint density at radius 2 is 1.05 bits per heavy atom. The predicted octanol–water partition coefficient (Wildman–Crippen LogP) is 9.45. The molecular formula is C39H48N2O2. The molecular weight excluding hydrogens is 528 g/mol. The minimum Gasteiger partial charge on any atom is -0.293 e. The van der Waals surface area contributed by atoms with Gasteiger partial charge in [-0.2, -0.15) is 10.5 Å². The molecule has 0 spiro atoms. The van der Waals surface area contributed by atoms with Gasteiger partial charge in [0.2, 0.25) is 0 Å². The highest BCUT2D eigenvalue weighted by atomic mass is 16.1. The van der Waals surface area contributed by atoms with E-state index in [9.17, 15) is 20.1 Å². The van der Waals surface area contributed by atoms with Crippen LogP contribution < -0.4 is 0 Å². The van der Waals surface area contributed by atoms with Crippen molar-refractivity contribution in [2.45, 2.75) is 114 Å². The molecule has 4 nitrogen and oxygen atoms in total. The van der Waals surface area contributed by atoms with E-state index in [1.54, 1.807) is 0 Å². The lowest BCUT2D eigenvalue weighted by Crippen LogP contribution is -2.22. The highest BCUT2D eigenvalue weighted by molar-refractivity contribution is 6.10. The fourth-order valence-corrected chi connectivity index (χ4v) is 6.10. The van der Waals surface area contributed by atoms with Gasteiger partial charge in [-0.1, -0.05) is 105 Å². The second-order valence-corrected chi connectivity index (χ2v) is 15.7. The van der Waals surface area contributed by atoms with Gasteiger partial charge in [-0.3, -0.25) is 9.59 Å². The molecule has 0 aliphatic heterocycles. The van der Waals surface area contributed by atoms with Crippen LogP contribution in [0.3, 0.4) is 0 Å². The summed E-state index contributed by atoms with van der Waals surface area (Å²) in [5.74, 6) is -0.128. The van der Waals surface area contributed by atoms with Gasteiger partial charge in [0.1, 0.15) is 12.1 Å². The number of fused-ring (bicyclic) bond motifs is 2. The van der Waals surface area contributed by atoms with E-state index in [4.69, 9.17) is 0 Å². The van der Waals surface area contributed by atoms with Gasteiger partial charge in [-0.25, -0.2) is 0 Å². The Bertz CT molecular complexity index is 1650. The maximum absolute atomic E-state index is 12.7. The van der Waals surface area contributed by atoms with Crippen LogP contribution in [-0.4, -0.2) is 11.6 Å². The summed E-state index contributed by atoms with van der Waals surface area (Å²) in [6, 6.07) is 15.1. The molecule has 2 aromatic rings. The van der Waals surface area contributed by atoms with Gasteiger partial charge in [0.15, 0.2) is 11.6 Å². The van der Waals surface area contributed by atoms with Crippen molar-refractivity contribution in [2.75, 3.05) is 0 Å². The van der Waals surface area contributed by atoms with Crippen molar-refractivity contribution in [3.8, 4) is 12.1 Å². The molecule has 0 N–H and O–H groups in total. The Morgan fingerprint density at radius 3 is 1.47 bits per heavy atom. The number of nitriles is 2. The van der Waals surface area contributed by atoms with Crippen molar-refractivity contribution in [3.05, 3.63) is 80.4 Å². The first-order chi connectivity index (χ1) is 19.6. The van der Waals surface area contributed by atoms with Gasteiger partial charge < -0.3 is 0 Å². The number of rotatable bonds is 2. The molecule has 0 unspecified atom stereocenters. The lowest BCUT2D eigenvalue weighted by Gasteiger charge is -2.19. The van der Waals surface area contributed by atoms with E-state index >= 15 is 0 Å². The summed E-state index contributed by atoms with van der Waals surface area (Å²) in [6.07, 6.45) is 1.49. The summed E-state index contributed by atoms with van der Waals surface area (Å²) in [5, 5.41) is 19.2. The smallest absolute Gasteiger partial charge is 0.178 e. The molecule has 0 saturated carbocycles. The minimum atomic E-state index is -0.537. The second kappa shape index (κ2) is 11.4. The molecule has 0 bridgehead atoms. The van der Waals surface area contributed by atoms with Gasteiger partial charge in [0.05, 0.1) is 11.1 Å². The van der Waals surface area contributed by atoms with Crippen molar-refractivity contribution in [1.29, 1.82) is 10.5 Å². The third-order valence-corrected chi connectivity index (χ3v) is 8.80. The standard InChI is InChI=1S/C20H25NO.C19H23NO/c1-12-8-14-15(16(11-21)18(22)19(3,4)5)10-20(6,7)17(14)9-13(12)2;1-12-7-8-16-13(9-12)14(10-19(16,5)6)15(11-20)17(21)18(2,3)4/h8-9H,10H2,1-7H3;7-9H,10H2,1-6H3/b16-15+;15-14+. The van der Waals surface area contributed by atoms with E-state index in [2.05, 4.69) is 84.0 Å². The van der Waals surface area contributed by atoms with Crippen LogP contribution in [0.4, 0.5) is 0 Å². The number of carbonyl (C=O) groups excluding carboxylic acids is 2. The van der Waals surface area contributed by atoms with Crippen LogP contribution >= 0.6 is 0 Å². The summed E-state index contributed by atoms with van der Waals surface area (Å²) in [7, 11) is 0. The zero-order valence-electron chi connectivity index (χ0n) is 28.5. The average Bonchev–Trinajstić information content (AvgIpc) is 3.28. The second-order valence-electron chi connectivity index (χ2n) is 15.7. The number of hydrogen-bond acceptors (Lipinski definition) is 4. The molecule has 0 radical (unpaired) electrons. The molecule has 4 rings (SSSR count). The SMILES string of the molecule is Cc1cc2c(cc1C)C(C)(C)C/C2=C(/C#N)C(=O)C(C)(C)C.Cc1ccc2c(c1)/C(=C(\C#N)C(=O)C(C)(C)C)CC2(C)C. The molecule has 2 aliphatic carbocycles. The molecule has 4 heteroatoms. The number of aryl methyl sites for hydroxylation is 3. The third-order valence-electron chi connectivity index (χ3n) is 8.80. The molecule has 0 amide bonds. The van der Waals surface area contributed by atoms with Crippen LogP contribution in [-0.2, 0) is 20.4 Å². The van der Waals surface area contributed by atoms with Crippen LogP contribution in [0.5, 0.6) is 0 Å². The highest BCUT2D eigenvalue weighted by Gasteiger charge is 2.39. The number of benzene rings is 2. The molecule has 0 aromatic heterocycles. The van der Waals surface area contributed by atoms with Crippen LogP contribution in [0.2, 0.25) is 0 Å². The summed E-state index contributed by atoms with van der Waals surface area (Å²) < 4.78 is 0. The number of allylic oxidation sites excluding steroid dienone is 4. The van der Waals surface area contributed by atoms with Crippen molar-refractivity contribution in [1.82, 2.24) is 0 Å². The summed E-state index contributed by atoms with van der Waals surface area (Å²) in [4.78, 5) is 25.3. The van der Waals surface area contributed by atoms with E-state index < -0.39 is 10.8 Å². The van der Waals surface area contributed by atoms with Gasteiger partial charge >= 0.3 is 0 Å². The van der Waals surface area contributed by atoms with E-state index in [0.717, 1.165) is 40.7 Å². The topological polar surface area (TPSA) is 81.7 Å². The van der Waals surface area contributed by atoms with E-state index in [1.807, 2.05) is 48.5 Å². The first-order valence-electron chi connectivity index (χ1n) is 15.2. The Hall–Kier alpha value is -3.76. The van der Waals surface area contributed by atoms with Crippen LogP contribution in [0.1, 0.15) is 121 Å². The minimum absolute atomic E-state index is 0.0291. The number of ketones is 2. The largest absolute Gasteiger partial charge is 0.293 e. The molecule has 43 heavy (non-hydrogen) atoms. The zero-order chi connectivity index (χ0) is 32.9. The first-order valence-corrected chi connectivity index (χ1v) is 15.2. The van der Waals surface area contributed by atoms with Crippen molar-refractivity contribution >= 4 is 22.7 Å². The number of nitrogens with zero attached hydrogens (tertiary/aromatic N) is 2. The summed E-state index contributed by atoms with van der Waals surface area (Å²) in [5.41, 5.74) is 9.64. The number of hydrogen-bond donors (Lipinski definition) is 0. The lowest BCUT2D eigenvalue weighted by molar-refractivity contribution is -0.122. The molecule has 0 heterocycles. The van der Waals surface area contributed by atoms with Crippen molar-refractivity contribution < 1.29 is 9.59 Å². The fourth-order valence-electron chi connectivity index (χ4n) is 6.10. The quantitative estimate of drug-likeness (QED) is 0.263. The Labute approximate surface area is 259 Å². The predicted molar refractivity (Wildman–Crippen MR) is 176 cm³/mol. The highest BCUT2D eigenvalue weighted by Crippen LogP contribution is 2.49. The molecule has 0 atom stereocenters. The summed E-state index contributed by atoms with van der Waals surface area (Å²) >= 11 is 0. The lowest BCUT2D eigenvalue weighted by atomic mass is 9.83. The van der Waals surface area contributed by atoms with Crippen LogP contribution in [0.15, 0.2) is 41.5 Å². The van der Waals surface area contributed by atoms with Crippen LogP contribution in [0, 0.1) is 54.3 Å². The van der Waals surface area contributed by atoms with Gasteiger partial charge in [-0.05, 0) is 89.0 Å². The monoisotopic (exact) mass is 576 g/mol. The summed E-state index contributed by atoms with van der Waals surface area (Å²) in [6.45, 7) is 26.1. The number of Topliss-reactive ketones (excluding diaryl/α,β-unsaturated/α-hetero) is 2. The molecule has 2 aliphatic rings. The van der Waals surface area contributed by atoms with Gasteiger partial charge in [0.25, 0.3) is 0 Å². The van der Waals surface area contributed by atoms with Crippen molar-refractivity contribution in [3.63, 3.8) is 0 Å². The van der Waals surface area contributed by atoms with Gasteiger partial charge in [-0.15, -0.1) is 0 Å². The van der Waals surface area contributed by atoms with Crippen LogP contribution in [0.25, 0.3) is 11.1 Å². The molecule has 0 fully saturated rings. The Morgan fingerprint density at radius 1 is 0.651 bits per heavy atom.